The Labute approximate surface area is 133 Å². The third-order valence-electron chi connectivity index (χ3n) is 2.95. The minimum Gasteiger partial charge on any atom is -0.433 e. The van der Waals surface area contributed by atoms with Gasteiger partial charge in [-0.25, -0.2) is 0 Å². The summed E-state index contributed by atoms with van der Waals surface area (Å²) in [6, 6.07) is 7.14. The molecule has 1 aromatic carbocycles. The zero-order chi connectivity index (χ0) is 17.7. The van der Waals surface area contributed by atoms with Gasteiger partial charge in [-0.1, -0.05) is 0 Å². The lowest BCUT2D eigenvalue weighted by atomic mass is 10.1. The quantitative estimate of drug-likeness (QED) is 0.827. The topological polar surface area (TPSA) is 57.9 Å². The Balaban J connectivity index is 2.08. The second kappa shape index (κ2) is 7.12. The number of alkyl halides is 5. The first-order valence-electron chi connectivity index (χ1n) is 6.54. The molecule has 2 aromatic rings. The second-order valence-corrected chi connectivity index (χ2v) is 4.59. The van der Waals surface area contributed by atoms with Crippen LogP contribution in [0, 0.1) is 11.3 Å². The highest BCUT2D eigenvalue weighted by atomic mass is 19.4. The summed E-state index contributed by atoms with van der Waals surface area (Å²) >= 11 is 0. The van der Waals surface area contributed by atoms with Gasteiger partial charge in [0.05, 0.1) is 35.2 Å². The smallest absolute Gasteiger partial charge is 0.416 e. The highest BCUT2D eigenvalue weighted by molar-refractivity contribution is 5.59. The summed E-state index contributed by atoms with van der Waals surface area (Å²) < 4.78 is 66.0. The van der Waals surface area contributed by atoms with E-state index in [1.165, 1.54) is 12.1 Å². The number of ether oxygens (including phenoxy) is 1. The van der Waals surface area contributed by atoms with Gasteiger partial charge in [0.25, 0.3) is 0 Å². The number of pyridine rings is 1. The van der Waals surface area contributed by atoms with E-state index in [9.17, 15) is 22.0 Å². The second-order valence-electron chi connectivity index (χ2n) is 4.59. The third-order valence-corrected chi connectivity index (χ3v) is 2.95. The normalized spacial score (nSPS) is 11.2. The Morgan fingerprint density at radius 3 is 2.50 bits per heavy atom. The average Bonchev–Trinajstić information content (AvgIpc) is 2.52. The molecule has 126 valence electrons. The Morgan fingerprint density at radius 2 is 1.96 bits per heavy atom. The SMILES string of the molecule is N#Cc1cc(C(F)(F)F)ccc1NCc1ccc(OC(F)F)cn1. The summed E-state index contributed by atoms with van der Waals surface area (Å²) in [4.78, 5) is 3.88. The Bertz CT molecular complexity index is 738. The molecular formula is C15H10F5N3O. The van der Waals surface area contributed by atoms with Gasteiger partial charge in [-0.05, 0) is 30.3 Å². The van der Waals surface area contributed by atoms with Crippen molar-refractivity contribution in [3.63, 3.8) is 0 Å². The highest BCUT2D eigenvalue weighted by Gasteiger charge is 2.31. The molecule has 1 N–H and O–H groups in total. The largest absolute Gasteiger partial charge is 0.433 e. The summed E-state index contributed by atoms with van der Waals surface area (Å²) in [7, 11) is 0. The molecule has 24 heavy (non-hydrogen) atoms. The molecule has 0 aliphatic rings. The van der Waals surface area contributed by atoms with Crippen LogP contribution in [0.1, 0.15) is 16.8 Å². The van der Waals surface area contributed by atoms with Crippen molar-refractivity contribution in [2.75, 3.05) is 5.32 Å². The van der Waals surface area contributed by atoms with E-state index in [1.807, 2.05) is 0 Å². The maximum Gasteiger partial charge on any atom is 0.416 e. The van der Waals surface area contributed by atoms with E-state index in [1.54, 1.807) is 6.07 Å². The Morgan fingerprint density at radius 1 is 1.21 bits per heavy atom. The van der Waals surface area contributed by atoms with Gasteiger partial charge in [0.2, 0.25) is 0 Å². The van der Waals surface area contributed by atoms with E-state index < -0.39 is 18.4 Å². The number of rotatable bonds is 5. The molecule has 0 spiro atoms. The third kappa shape index (κ3) is 4.55. The fraction of sp³-hybridized carbons (Fsp3) is 0.200. The van der Waals surface area contributed by atoms with Crippen molar-refractivity contribution in [1.29, 1.82) is 5.26 Å². The summed E-state index contributed by atoms with van der Waals surface area (Å²) in [5.74, 6) is -0.110. The van der Waals surface area contributed by atoms with Crippen molar-refractivity contribution in [1.82, 2.24) is 4.98 Å². The van der Waals surface area contributed by atoms with Crippen molar-refractivity contribution in [3.05, 3.63) is 53.3 Å². The van der Waals surface area contributed by atoms with Crippen LogP contribution >= 0.6 is 0 Å². The minimum absolute atomic E-state index is 0.0923. The van der Waals surface area contributed by atoms with Crippen LogP contribution in [-0.4, -0.2) is 11.6 Å². The zero-order valence-electron chi connectivity index (χ0n) is 11.9. The lowest BCUT2D eigenvalue weighted by Gasteiger charge is -2.11. The molecule has 0 saturated carbocycles. The fourth-order valence-corrected chi connectivity index (χ4v) is 1.84. The summed E-state index contributed by atoms with van der Waals surface area (Å²) in [5, 5.41) is 11.7. The molecule has 0 fully saturated rings. The van der Waals surface area contributed by atoms with E-state index in [0.29, 0.717) is 5.69 Å². The predicted octanol–water partition coefficient (Wildman–Crippen LogP) is 4.19. The maximum atomic E-state index is 12.6. The zero-order valence-corrected chi connectivity index (χ0v) is 11.9. The molecule has 0 aliphatic heterocycles. The maximum absolute atomic E-state index is 12.6. The van der Waals surface area contributed by atoms with Gasteiger partial charge in [-0.3, -0.25) is 4.98 Å². The molecule has 0 amide bonds. The number of nitriles is 1. The molecule has 0 radical (unpaired) electrons. The van der Waals surface area contributed by atoms with E-state index in [-0.39, 0.29) is 23.5 Å². The van der Waals surface area contributed by atoms with E-state index >= 15 is 0 Å². The molecule has 0 bridgehead atoms. The number of hydrogen-bond acceptors (Lipinski definition) is 4. The standard InChI is InChI=1S/C15H10F5N3O/c16-14(17)24-12-3-2-11(22-8-12)7-23-13-4-1-10(15(18,19)20)5-9(13)6-21/h1-5,8,14,23H,7H2. The lowest BCUT2D eigenvalue weighted by Crippen LogP contribution is -2.08. The van der Waals surface area contributed by atoms with Gasteiger partial charge in [0, 0.05) is 0 Å². The number of hydrogen-bond donors (Lipinski definition) is 1. The molecular weight excluding hydrogens is 333 g/mol. The predicted molar refractivity (Wildman–Crippen MR) is 74.4 cm³/mol. The van der Waals surface area contributed by atoms with Gasteiger partial charge >= 0.3 is 12.8 Å². The average molecular weight is 343 g/mol. The van der Waals surface area contributed by atoms with Crippen LogP contribution in [0.25, 0.3) is 0 Å². The van der Waals surface area contributed by atoms with Crippen LogP contribution < -0.4 is 10.1 Å². The van der Waals surface area contributed by atoms with Crippen molar-refractivity contribution < 1.29 is 26.7 Å². The minimum atomic E-state index is -4.54. The lowest BCUT2D eigenvalue weighted by molar-refractivity contribution is -0.137. The molecule has 4 nitrogen and oxygen atoms in total. The molecule has 9 heteroatoms. The van der Waals surface area contributed by atoms with Crippen molar-refractivity contribution in [2.24, 2.45) is 0 Å². The van der Waals surface area contributed by atoms with Crippen LogP contribution in [0.5, 0.6) is 5.75 Å². The molecule has 1 aromatic heterocycles. The van der Waals surface area contributed by atoms with Crippen LogP contribution in [0.4, 0.5) is 27.6 Å². The molecule has 0 aliphatic carbocycles. The van der Waals surface area contributed by atoms with Crippen molar-refractivity contribution in [2.45, 2.75) is 19.3 Å². The highest BCUT2D eigenvalue weighted by Crippen LogP contribution is 2.31. The summed E-state index contributed by atoms with van der Waals surface area (Å²) in [6.07, 6.45) is -3.44. The van der Waals surface area contributed by atoms with Crippen LogP contribution in [0.3, 0.4) is 0 Å². The van der Waals surface area contributed by atoms with Gasteiger partial charge < -0.3 is 10.1 Å². The van der Waals surface area contributed by atoms with Gasteiger partial charge in [-0.15, -0.1) is 0 Å². The number of benzene rings is 1. The number of anilines is 1. The van der Waals surface area contributed by atoms with Crippen molar-refractivity contribution in [3.8, 4) is 11.8 Å². The van der Waals surface area contributed by atoms with Crippen LogP contribution in [-0.2, 0) is 12.7 Å². The van der Waals surface area contributed by atoms with Crippen molar-refractivity contribution >= 4 is 5.69 Å². The number of halogens is 5. The van der Waals surface area contributed by atoms with E-state index in [4.69, 9.17) is 5.26 Å². The van der Waals surface area contributed by atoms with Crippen LogP contribution in [0.2, 0.25) is 0 Å². The number of nitrogens with one attached hydrogen (secondary N) is 1. The monoisotopic (exact) mass is 343 g/mol. The summed E-state index contributed by atoms with van der Waals surface area (Å²) in [5.41, 5.74) is -0.445. The molecule has 0 unspecified atom stereocenters. The van der Waals surface area contributed by atoms with Gasteiger partial charge in [0.1, 0.15) is 11.8 Å². The number of aromatic nitrogens is 1. The van der Waals surface area contributed by atoms with Gasteiger partial charge in [-0.2, -0.15) is 27.2 Å². The molecule has 0 saturated heterocycles. The molecule has 1 heterocycles. The van der Waals surface area contributed by atoms with Gasteiger partial charge in [0.15, 0.2) is 0 Å². The first-order chi connectivity index (χ1) is 11.3. The first kappa shape index (κ1) is 17.5. The number of nitrogens with zero attached hydrogens (tertiary/aromatic N) is 2. The first-order valence-corrected chi connectivity index (χ1v) is 6.54. The summed E-state index contributed by atoms with van der Waals surface area (Å²) in [6.45, 7) is -2.87. The Kier molecular flexibility index (Phi) is 5.18. The Hall–Kier alpha value is -2.89. The van der Waals surface area contributed by atoms with E-state index in [0.717, 1.165) is 24.4 Å². The molecule has 0 atom stereocenters. The van der Waals surface area contributed by atoms with E-state index in [2.05, 4.69) is 15.0 Å². The van der Waals surface area contributed by atoms with Crippen LogP contribution in [0.15, 0.2) is 36.5 Å². The fourth-order valence-electron chi connectivity index (χ4n) is 1.84. The molecule has 2 rings (SSSR count).